The van der Waals surface area contributed by atoms with E-state index in [0.717, 1.165) is 30.6 Å². The molecule has 0 aliphatic carbocycles. The maximum Gasteiger partial charge on any atom is 0.150 e. The van der Waals surface area contributed by atoms with Gasteiger partial charge in [0, 0.05) is 41.8 Å². The lowest BCUT2D eigenvalue weighted by Crippen LogP contribution is -2.29. The number of nitrogen functional groups attached to an aromatic ring is 1. The first kappa shape index (κ1) is 13.6. The van der Waals surface area contributed by atoms with Crippen molar-refractivity contribution in [2.45, 2.75) is 19.3 Å². The zero-order valence-corrected chi connectivity index (χ0v) is 12.0. The largest absolute Gasteiger partial charge is 0.398 e. The maximum absolute atomic E-state index is 10.9. The van der Waals surface area contributed by atoms with Crippen LogP contribution >= 0.6 is 0 Å². The molecule has 4 nitrogen and oxygen atoms in total. The summed E-state index contributed by atoms with van der Waals surface area (Å²) < 4.78 is 0. The van der Waals surface area contributed by atoms with Crippen molar-refractivity contribution < 1.29 is 4.79 Å². The number of piperidine rings is 1. The van der Waals surface area contributed by atoms with Crippen LogP contribution in [0.15, 0.2) is 36.5 Å². The van der Waals surface area contributed by atoms with E-state index in [0.29, 0.717) is 11.3 Å². The van der Waals surface area contributed by atoms with E-state index >= 15 is 0 Å². The normalized spacial score (nSPS) is 15.0. The molecule has 21 heavy (non-hydrogen) atoms. The summed E-state index contributed by atoms with van der Waals surface area (Å²) in [4.78, 5) is 17.7. The van der Waals surface area contributed by atoms with Crippen molar-refractivity contribution in [3.05, 3.63) is 42.1 Å². The van der Waals surface area contributed by atoms with Crippen LogP contribution < -0.4 is 10.6 Å². The molecule has 0 radical (unpaired) electrons. The van der Waals surface area contributed by atoms with E-state index < -0.39 is 0 Å². The van der Waals surface area contributed by atoms with Crippen molar-refractivity contribution in [2.24, 2.45) is 0 Å². The highest BCUT2D eigenvalue weighted by Gasteiger charge is 2.13. The molecule has 1 fully saturated rings. The molecule has 0 amide bonds. The minimum atomic E-state index is 0.614. The quantitative estimate of drug-likeness (QED) is 0.693. The number of carbonyl (C=O) groups is 1. The average Bonchev–Trinajstić information content (AvgIpc) is 2.56. The van der Waals surface area contributed by atoms with Gasteiger partial charge in [0.1, 0.15) is 6.29 Å². The van der Waals surface area contributed by atoms with Crippen LogP contribution in [0.5, 0.6) is 0 Å². The van der Waals surface area contributed by atoms with E-state index in [1.165, 1.54) is 24.9 Å². The van der Waals surface area contributed by atoms with Crippen LogP contribution in [0.25, 0.3) is 11.3 Å². The Morgan fingerprint density at radius 3 is 2.67 bits per heavy atom. The van der Waals surface area contributed by atoms with Gasteiger partial charge >= 0.3 is 0 Å². The van der Waals surface area contributed by atoms with E-state index in [9.17, 15) is 4.79 Å². The molecule has 2 N–H and O–H groups in total. The van der Waals surface area contributed by atoms with Crippen LogP contribution in [0, 0.1) is 0 Å². The second-order valence-electron chi connectivity index (χ2n) is 5.41. The van der Waals surface area contributed by atoms with Crippen LogP contribution in [0.2, 0.25) is 0 Å². The lowest BCUT2D eigenvalue weighted by Gasteiger charge is -2.29. The molecule has 0 saturated carbocycles. The summed E-state index contributed by atoms with van der Waals surface area (Å²) in [6, 6.07) is 9.54. The molecule has 1 aliphatic heterocycles. The Morgan fingerprint density at radius 1 is 1.10 bits per heavy atom. The highest BCUT2D eigenvalue weighted by atomic mass is 16.1. The SMILES string of the molecule is Nc1ccc(N2CCCCC2)cc1-c1cc(C=O)ccn1. The molecule has 108 valence electrons. The summed E-state index contributed by atoms with van der Waals surface area (Å²) in [5.41, 5.74) is 10.2. The number of pyridine rings is 1. The standard InChI is InChI=1S/C17H19N3O/c18-16-5-4-14(20-8-2-1-3-9-20)11-15(16)17-10-13(12-21)6-7-19-17/h4-7,10-12H,1-3,8-9,18H2. The molecule has 4 heteroatoms. The van der Waals surface area contributed by atoms with Crippen molar-refractivity contribution in [2.75, 3.05) is 23.7 Å². The summed E-state index contributed by atoms with van der Waals surface area (Å²) in [6.45, 7) is 2.18. The van der Waals surface area contributed by atoms with Gasteiger partial charge in [-0.2, -0.15) is 0 Å². The molecule has 2 heterocycles. The number of anilines is 2. The smallest absolute Gasteiger partial charge is 0.150 e. The molecule has 1 aromatic carbocycles. The van der Waals surface area contributed by atoms with Gasteiger partial charge in [-0.3, -0.25) is 9.78 Å². The van der Waals surface area contributed by atoms with Gasteiger partial charge in [0.15, 0.2) is 0 Å². The monoisotopic (exact) mass is 281 g/mol. The Hall–Kier alpha value is -2.36. The van der Waals surface area contributed by atoms with Gasteiger partial charge in [0.05, 0.1) is 5.69 Å². The number of benzene rings is 1. The first-order chi connectivity index (χ1) is 10.3. The third kappa shape index (κ3) is 2.89. The van der Waals surface area contributed by atoms with Crippen LogP contribution in [-0.4, -0.2) is 24.4 Å². The second-order valence-corrected chi connectivity index (χ2v) is 5.41. The Bertz CT molecular complexity index is 648. The molecule has 0 atom stereocenters. The number of hydrogen-bond donors (Lipinski definition) is 1. The number of nitrogens with two attached hydrogens (primary N) is 1. The lowest BCUT2D eigenvalue weighted by atomic mass is 10.0. The molecular formula is C17H19N3O. The third-order valence-corrected chi connectivity index (χ3v) is 3.95. The van der Waals surface area contributed by atoms with Crippen molar-refractivity contribution in [3.63, 3.8) is 0 Å². The zero-order chi connectivity index (χ0) is 14.7. The number of carbonyl (C=O) groups excluding carboxylic acids is 1. The Balaban J connectivity index is 1.98. The summed E-state index contributed by atoms with van der Waals surface area (Å²) in [7, 11) is 0. The fourth-order valence-electron chi connectivity index (χ4n) is 2.78. The van der Waals surface area contributed by atoms with Crippen molar-refractivity contribution in [1.82, 2.24) is 4.98 Å². The Labute approximate surface area is 124 Å². The van der Waals surface area contributed by atoms with Crippen LogP contribution in [0.3, 0.4) is 0 Å². The molecule has 1 aromatic heterocycles. The van der Waals surface area contributed by atoms with Crippen molar-refractivity contribution in [1.29, 1.82) is 0 Å². The van der Waals surface area contributed by atoms with Gasteiger partial charge in [-0.15, -0.1) is 0 Å². The predicted molar refractivity (Wildman–Crippen MR) is 85.5 cm³/mol. The predicted octanol–water partition coefficient (Wildman–Crippen LogP) is 3.13. The summed E-state index contributed by atoms with van der Waals surface area (Å²) in [5, 5.41) is 0. The van der Waals surface area contributed by atoms with E-state index in [1.807, 2.05) is 6.07 Å². The molecule has 0 bridgehead atoms. The van der Waals surface area contributed by atoms with Crippen molar-refractivity contribution in [3.8, 4) is 11.3 Å². The summed E-state index contributed by atoms with van der Waals surface area (Å²) >= 11 is 0. The number of rotatable bonds is 3. The van der Waals surface area contributed by atoms with E-state index in [2.05, 4.69) is 22.0 Å². The molecular weight excluding hydrogens is 262 g/mol. The number of nitrogens with zero attached hydrogens (tertiary/aromatic N) is 2. The minimum absolute atomic E-state index is 0.614. The highest BCUT2D eigenvalue weighted by Crippen LogP contribution is 2.30. The molecule has 0 unspecified atom stereocenters. The Morgan fingerprint density at radius 2 is 1.90 bits per heavy atom. The molecule has 1 saturated heterocycles. The first-order valence-electron chi connectivity index (χ1n) is 7.34. The maximum atomic E-state index is 10.9. The van der Waals surface area contributed by atoms with Gasteiger partial charge in [-0.1, -0.05) is 0 Å². The highest BCUT2D eigenvalue weighted by molar-refractivity contribution is 5.82. The van der Waals surface area contributed by atoms with Gasteiger partial charge in [0.25, 0.3) is 0 Å². The van der Waals surface area contributed by atoms with Crippen molar-refractivity contribution >= 4 is 17.7 Å². The minimum Gasteiger partial charge on any atom is -0.398 e. The van der Waals surface area contributed by atoms with Crippen LogP contribution in [0.4, 0.5) is 11.4 Å². The molecule has 3 rings (SSSR count). The summed E-state index contributed by atoms with van der Waals surface area (Å²) in [6.07, 6.45) is 6.25. The van der Waals surface area contributed by atoms with E-state index in [-0.39, 0.29) is 0 Å². The van der Waals surface area contributed by atoms with E-state index in [1.54, 1.807) is 18.3 Å². The van der Waals surface area contributed by atoms with Gasteiger partial charge in [0.2, 0.25) is 0 Å². The van der Waals surface area contributed by atoms with Crippen LogP contribution in [0.1, 0.15) is 29.6 Å². The lowest BCUT2D eigenvalue weighted by molar-refractivity contribution is 0.112. The first-order valence-corrected chi connectivity index (χ1v) is 7.34. The second kappa shape index (κ2) is 5.95. The van der Waals surface area contributed by atoms with Gasteiger partial charge in [-0.05, 0) is 49.6 Å². The summed E-state index contributed by atoms with van der Waals surface area (Å²) in [5.74, 6) is 0. The van der Waals surface area contributed by atoms with Crippen LogP contribution in [-0.2, 0) is 0 Å². The topological polar surface area (TPSA) is 59.2 Å². The average molecular weight is 281 g/mol. The zero-order valence-electron chi connectivity index (χ0n) is 12.0. The molecule has 0 spiro atoms. The Kier molecular flexibility index (Phi) is 3.86. The van der Waals surface area contributed by atoms with Gasteiger partial charge in [-0.25, -0.2) is 0 Å². The molecule has 1 aliphatic rings. The fraction of sp³-hybridized carbons (Fsp3) is 0.294. The number of aldehydes is 1. The fourth-order valence-corrected chi connectivity index (χ4v) is 2.78. The van der Waals surface area contributed by atoms with Gasteiger partial charge < -0.3 is 10.6 Å². The molecule has 2 aromatic rings. The number of aromatic nitrogens is 1. The number of hydrogen-bond acceptors (Lipinski definition) is 4. The van der Waals surface area contributed by atoms with E-state index in [4.69, 9.17) is 5.73 Å². The third-order valence-electron chi connectivity index (χ3n) is 3.95.